The second-order valence-corrected chi connectivity index (χ2v) is 11.4. The Morgan fingerprint density at radius 3 is 2.53 bits per heavy atom. The van der Waals surface area contributed by atoms with Gasteiger partial charge in [-0.25, -0.2) is 4.98 Å². The van der Waals surface area contributed by atoms with Gasteiger partial charge in [-0.3, -0.25) is 10.1 Å². The van der Waals surface area contributed by atoms with Crippen molar-refractivity contribution in [3.8, 4) is 5.75 Å². The van der Waals surface area contributed by atoms with E-state index < -0.39 is 10.1 Å². The van der Waals surface area contributed by atoms with Crippen LogP contribution in [0, 0.1) is 11.3 Å². The highest BCUT2D eigenvalue weighted by atomic mass is 32.2. The predicted octanol–water partition coefficient (Wildman–Crippen LogP) is 3.68. The first-order valence-corrected chi connectivity index (χ1v) is 12.7. The van der Waals surface area contributed by atoms with Crippen molar-refractivity contribution in [2.45, 2.75) is 31.6 Å². The van der Waals surface area contributed by atoms with Gasteiger partial charge in [0, 0.05) is 30.8 Å². The van der Waals surface area contributed by atoms with Crippen LogP contribution in [0.5, 0.6) is 5.75 Å². The number of hydrogen-bond donors (Lipinski definition) is 3. The lowest BCUT2D eigenvalue weighted by molar-refractivity contribution is -0.117. The number of imidazole rings is 1. The Morgan fingerprint density at radius 1 is 1.18 bits per heavy atom. The number of aromatic amines is 1. The van der Waals surface area contributed by atoms with E-state index in [2.05, 4.69) is 39.3 Å². The Hall–Kier alpha value is -3.11. The molecule has 4 rings (SSSR count). The van der Waals surface area contributed by atoms with E-state index in [0.29, 0.717) is 17.0 Å². The molecule has 0 saturated heterocycles. The number of amides is 1. The summed E-state index contributed by atoms with van der Waals surface area (Å²) < 4.78 is 30.9. The fourth-order valence-corrected chi connectivity index (χ4v) is 4.75. The normalized spacial score (nSPS) is 14.4. The van der Waals surface area contributed by atoms with Gasteiger partial charge < -0.3 is 19.4 Å². The van der Waals surface area contributed by atoms with Crippen molar-refractivity contribution in [1.29, 1.82) is 0 Å². The molecule has 0 atom stereocenters. The third-order valence-corrected chi connectivity index (χ3v) is 6.77. The minimum atomic E-state index is -4.01. The molecule has 0 bridgehead atoms. The van der Waals surface area contributed by atoms with Crippen LogP contribution < -0.4 is 14.8 Å². The predicted molar refractivity (Wildman–Crippen MR) is 133 cm³/mol. The van der Waals surface area contributed by atoms with Crippen LogP contribution in [-0.2, 0) is 14.9 Å². The van der Waals surface area contributed by atoms with Crippen molar-refractivity contribution in [3.05, 3.63) is 42.5 Å². The molecule has 1 fully saturated rings. The first-order valence-electron chi connectivity index (χ1n) is 11.2. The number of hydrogen-bond acceptors (Lipinski definition) is 7. The first-order chi connectivity index (χ1) is 16.0. The highest BCUT2D eigenvalue weighted by molar-refractivity contribution is 7.87. The van der Waals surface area contributed by atoms with Crippen molar-refractivity contribution in [1.82, 2.24) is 14.9 Å². The van der Waals surface area contributed by atoms with Gasteiger partial charge in [-0.15, -0.1) is 0 Å². The third-order valence-electron chi connectivity index (χ3n) is 5.51. The lowest BCUT2D eigenvalue weighted by atomic mass is 9.93. The molecule has 1 saturated carbocycles. The topological polar surface area (TPSA) is 116 Å². The Morgan fingerprint density at radius 2 is 1.88 bits per heavy atom. The van der Waals surface area contributed by atoms with Crippen LogP contribution in [0.2, 0.25) is 0 Å². The van der Waals surface area contributed by atoms with Crippen LogP contribution >= 0.6 is 0 Å². The zero-order valence-electron chi connectivity index (χ0n) is 19.9. The lowest BCUT2D eigenvalue weighted by Gasteiger charge is -2.28. The zero-order chi connectivity index (χ0) is 24.5. The molecule has 1 aliphatic carbocycles. The van der Waals surface area contributed by atoms with Gasteiger partial charge in [0.2, 0.25) is 11.9 Å². The molecule has 1 aliphatic rings. The molecule has 2 aromatic carbocycles. The SMILES string of the molecule is CN(C)CC(C)(C)CNc1ccc(S(=O)(=O)Oc2ccc3nc(NC(=O)C4CC4)[nH]c3c2)cc1. The van der Waals surface area contributed by atoms with E-state index in [0.717, 1.165) is 31.6 Å². The summed E-state index contributed by atoms with van der Waals surface area (Å²) in [5, 5.41) is 6.11. The van der Waals surface area contributed by atoms with Gasteiger partial charge in [-0.05, 0) is 68.8 Å². The van der Waals surface area contributed by atoms with E-state index >= 15 is 0 Å². The molecule has 0 radical (unpaired) electrons. The number of nitrogens with zero attached hydrogens (tertiary/aromatic N) is 2. The Kier molecular flexibility index (Phi) is 6.55. The van der Waals surface area contributed by atoms with Crippen molar-refractivity contribution in [2.24, 2.45) is 11.3 Å². The summed E-state index contributed by atoms with van der Waals surface area (Å²) in [6.45, 7) is 6.02. The second-order valence-electron chi connectivity index (χ2n) is 9.85. The smallest absolute Gasteiger partial charge is 0.339 e. The summed E-state index contributed by atoms with van der Waals surface area (Å²) in [6.07, 6.45) is 1.79. The van der Waals surface area contributed by atoms with E-state index in [-0.39, 0.29) is 27.9 Å². The molecular formula is C24H31N5O4S. The monoisotopic (exact) mass is 485 g/mol. The summed E-state index contributed by atoms with van der Waals surface area (Å²) in [4.78, 5) is 21.4. The van der Waals surface area contributed by atoms with Gasteiger partial charge in [0.05, 0.1) is 11.0 Å². The molecular weight excluding hydrogens is 454 g/mol. The Balaban J connectivity index is 1.41. The van der Waals surface area contributed by atoms with Crippen LogP contribution in [-0.4, -0.2) is 56.4 Å². The van der Waals surface area contributed by atoms with Gasteiger partial charge in [-0.2, -0.15) is 8.42 Å². The first kappa shape index (κ1) is 24.0. The molecule has 3 N–H and O–H groups in total. The fraction of sp³-hybridized carbons (Fsp3) is 0.417. The molecule has 0 aliphatic heterocycles. The number of carbonyl (C=O) groups excluding carboxylic acids is 1. The maximum Gasteiger partial charge on any atom is 0.339 e. The molecule has 3 aromatic rings. The quantitative estimate of drug-likeness (QED) is 0.375. The number of aromatic nitrogens is 2. The van der Waals surface area contributed by atoms with Crippen molar-refractivity contribution >= 4 is 38.7 Å². The average molecular weight is 486 g/mol. The number of anilines is 2. The standard InChI is InChI=1S/C24H31N5O4S/c1-24(2,15-29(3)4)14-25-17-7-10-19(11-8-17)34(31,32)33-18-9-12-20-21(13-18)27-23(26-20)28-22(30)16-5-6-16/h7-13,16,25H,5-6,14-15H2,1-4H3,(H2,26,27,28,30). The largest absolute Gasteiger partial charge is 0.384 e. The van der Waals surface area contributed by atoms with Gasteiger partial charge in [0.15, 0.2) is 0 Å². The van der Waals surface area contributed by atoms with Crippen molar-refractivity contribution in [3.63, 3.8) is 0 Å². The van der Waals surface area contributed by atoms with Gasteiger partial charge in [0.1, 0.15) is 10.6 Å². The van der Waals surface area contributed by atoms with E-state index in [9.17, 15) is 13.2 Å². The second kappa shape index (κ2) is 9.27. The van der Waals surface area contributed by atoms with E-state index in [4.69, 9.17) is 4.18 Å². The fourth-order valence-electron chi connectivity index (χ4n) is 3.83. The van der Waals surface area contributed by atoms with Crippen molar-refractivity contribution < 1.29 is 17.4 Å². The number of fused-ring (bicyclic) bond motifs is 1. The molecule has 182 valence electrons. The summed E-state index contributed by atoms with van der Waals surface area (Å²) in [7, 11) is 0.0665. The number of carbonyl (C=O) groups is 1. The molecule has 0 unspecified atom stereocenters. The highest BCUT2D eigenvalue weighted by Crippen LogP contribution is 2.30. The minimum absolute atomic E-state index is 0.0580. The summed E-state index contributed by atoms with van der Waals surface area (Å²) >= 11 is 0. The molecule has 1 aromatic heterocycles. The maximum atomic E-state index is 12.8. The number of benzene rings is 2. The maximum absolute atomic E-state index is 12.8. The minimum Gasteiger partial charge on any atom is -0.384 e. The van der Waals surface area contributed by atoms with E-state index in [1.807, 2.05) is 14.1 Å². The Labute approximate surface area is 200 Å². The lowest BCUT2D eigenvalue weighted by Crippen LogP contribution is -2.34. The summed E-state index contributed by atoms with van der Waals surface area (Å²) in [6, 6.07) is 11.2. The number of H-pyrrole nitrogens is 1. The molecule has 0 spiro atoms. The highest BCUT2D eigenvalue weighted by Gasteiger charge is 2.30. The third kappa shape index (κ3) is 6.06. The van der Waals surface area contributed by atoms with Crippen LogP contribution in [0.1, 0.15) is 26.7 Å². The molecule has 9 nitrogen and oxygen atoms in total. The van der Waals surface area contributed by atoms with E-state index in [1.165, 1.54) is 18.2 Å². The van der Waals surface area contributed by atoms with Crippen LogP contribution in [0.4, 0.5) is 11.6 Å². The zero-order valence-corrected chi connectivity index (χ0v) is 20.7. The van der Waals surface area contributed by atoms with Crippen molar-refractivity contribution in [2.75, 3.05) is 37.8 Å². The molecule has 1 amide bonds. The average Bonchev–Trinajstić information content (AvgIpc) is 3.52. The van der Waals surface area contributed by atoms with Gasteiger partial charge in [-0.1, -0.05) is 13.8 Å². The summed E-state index contributed by atoms with van der Waals surface area (Å²) in [5.74, 6) is 0.494. The van der Waals surface area contributed by atoms with Crippen LogP contribution in [0.25, 0.3) is 11.0 Å². The van der Waals surface area contributed by atoms with Crippen LogP contribution in [0.15, 0.2) is 47.4 Å². The van der Waals surface area contributed by atoms with E-state index in [1.54, 1.807) is 24.3 Å². The molecule has 34 heavy (non-hydrogen) atoms. The van der Waals surface area contributed by atoms with Crippen LogP contribution in [0.3, 0.4) is 0 Å². The van der Waals surface area contributed by atoms with Gasteiger partial charge >= 0.3 is 10.1 Å². The summed E-state index contributed by atoms with van der Waals surface area (Å²) in [5.41, 5.74) is 2.07. The van der Waals surface area contributed by atoms with Gasteiger partial charge in [0.25, 0.3) is 0 Å². The number of nitrogens with one attached hydrogen (secondary N) is 3. The Bertz CT molecular complexity index is 1280. The number of rotatable bonds is 10. The molecule has 1 heterocycles. The molecule has 10 heteroatoms.